The molecule has 0 saturated carbocycles. The van der Waals surface area contributed by atoms with Gasteiger partial charge in [-0.05, 0) is 56.5 Å². The van der Waals surface area contributed by atoms with Crippen LogP contribution in [0.2, 0.25) is 0 Å². The molecule has 2 aromatic carbocycles. The highest BCUT2D eigenvalue weighted by Gasteiger charge is 2.10. The fourth-order valence-corrected chi connectivity index (χ4v) is 3.22. The van der Waals surface area contributed by atoms with E-state index in [0.717, 1.165) is 35.9 Å². The van der Waals surface area contributed by atoms with Gasteiger partial charge in [-0.1, -0.05) is 41.6 Å². The molecule has 2 N–H and O–H groups in total. The molecule has 0 aliphatic rings. The normalized spacial score (nSPS) is 13.0. The van der Waals surface area contributed by atoms with Gasteiger partial charge in [0.05, 0.1) is 11.7 Å². The molecular weight excluding hydrogens is 336 g/mol. The largest absolute Gasteiger partial charge is 0.361 e. The molecule has 0 amide bonds. The van der Waals surface area contributed by atoms with Crippen molar-refractivity contribution < 1.29 is 4.52 Å². The Morgan fingerprint density at radius 2 is 1.93 bits per heavy atom. The van der Waals surface area contributed by atoms with E-state index in [1.54, 1.807) is 0 Å². The lowest BCUT2D eigenvalue weighted by Gasteiger charge is -2.18. The molecule has 3 aromatic rings. The molecule has 3 rings (SSSR count). The molecule has 142 valence electrons. The van der Waals surface area contributed by atoms with E-state index in [4.69, 9.17) is 9.52 Å². The predicted molar refractivity (Wildman–Crippen MR) is 111 cm³/mol. The SMILES string of the molecule is CCNC(=NCCc1c(C)noc1C)NC(C)c1ccc2ccccc2c1. The van der Waals surface area contributed by atoms with E-state index in [1.165, 1.54) is 16.3 Å². The Hall–Kier alpha value is -2.82. The quantitative estimate of drug-likeness (QED) is 0.505. The third-order valence-electron chi connectivity index (χ3n) is 4.78. The van der Waals surface area contributed by atoms with E-state index >= 15 is 0 Å². The Morgan fingerprint density at radius 1 is 1.15 bits per heavy atom. The van der Waals surface area contributed by atoms with Gasteiger partial charge in [-0.3, -0.25) is 4.99 Å². The van der Waals surface area contributed by atoms with Crippen molar-refractivity contribution in [1.82, 2.24) is 15.8 Å². The van der Waals surface area contributed by atoms with Crippen molar-refractivity contribution in [3.8, 4) is 0 Å². The minimum absolute atomic E-state index is 0.159. The molecule has 1 atom stereocenters. The van der Waals surface area contributed by atoms with Gasteiger partial charge in [0.2, 0.25) is 0 Å². The summed E-state index contributed by atoms with van der Waals surface area (Å²) >= 11 is 0. The minimum Gasteiger partial charge on any atom is -0.361 e. The summed E-state index contributed by atoms with van der Waals surface area (Å²) in [6.07, 6.45) is 0.822. The van der Waals surface area contributed by atoms with Crippen LogP contribution in [0, 0.1) is 13.8 Å². The first-order valence-electron chi connectivity index (χ1n) is 9.53. The summed E-state index contributed by atoms with van der Waals surface area (Å²) in [6.45, 7) is 9.66. The second-order valence-electron chi connectivity index (χ2n) is 6.79. The third-order valence-corrected chi connectivity index (χ3v) is 4.78. The van der Waals surface area contributed by atoms with Crippen LogP contribution >= 0.6 is 0 Å². The summed E-state index contributed by atoms with van der Waals surface area (Å²) in [7, 11) is 0. The second-order valence-corrected chi connectivity index (χ2v) is 6.79. The molecule has 0 bridgehead atoms. The van der Waals surface area contributed by atoms with Crippen molar-refractivity contribution in [2.75, 3.05) is 13.1 Å². The average Bonchev–Trinajstić information content (AvgIpc) is 2.99. The number of fused-ring (bicyclic) bond motifs is 1. The zero-order chi connectivity index (χ0) is 19.2. The van der Waals surface area contributed by atoms with Crippen LogP contribution in [0.25, 0.3) is 10.8 Å². The van der Waals surface area contributed by atoms with Gasteiger partial charge in [-0.25, -0.2) is 0 Å². The number of aromatic nitrogens is 1. The van der Waals surface area contributed by atoms with Crippen LogP contribution in [0.4, 0.5) is 0 Å². The lowest BCUT2D eigenvalue weighted by atomic mass is 10.0. The second kappa shape index (κ2) is 8.71. The van der Waals surface area contributed by atoms with E-state index in [0.29, 0.717) is 6.54 Å². The maximum absolute atomic E-state index is 5.23. The molecule has 0 spiro atoms. The molecular formula is C22H28N4O. The highest BCUT2D eigenvalue weighted by molar-refractivity contribution is 5.84. The number of rotatable bonds is 6. The van der Waals surface area contributed by atoms with Crippen molar-refractivity contribution in [2.45, 2.75) is 40.2 Å². The van der Waals surface area contributed by atoms with Crippen LogP contribution in [-0.2, 0) is 6.42 Å². The molecule has 0 aliphatic heterocycles. The lowest BCUT2D eigenvalue weighted by Crippen LogP contribution is -2.38. The zero-order valence-corrected chi connectivity index (χ0v) is 16.5. The number of guanidine groups is 1. The molecule has 0 aliphatic carbocycles. The molecule has 5 heteroatoms. The molecule has 5 nitrogen and oxygen atoms in total. The van der Waals surface area contributed by atoms with Gasteiger partial charge in [0.15, 0.2) is 5.96 Å². The highest BCUT2D eigenvalue weighted by Crippen LogP contribution is 2.20. The Kier molecular flexibility index (Phi) is 6.12. The number of benzene rings is 2. The first-order valence-corrected chi connectivity index (χ1v) is 9.53. The first kappa shape index (κ1) is 19.0. The van der Waals surface area contributed by atoms with Crippen molar-refractivity contribution in [2.24, 2.45) is 4.99 Å². The van der Waals surface area contributed by atoms with Crippen molar-refractivity contribution in [3.63, 3.8) is 0 Å². The van der Waals surface area contributed by atoms with Crippen LogP contribution in [0.3, 0.4) is 0 Å². The van der Waals surface area contributed by atoms with Gasteiger partial charge >= 0.3 is 0 Å². The number of nitrogens with zero attached hydrogens (tertiary/aromatic N) is 2. The van der Waals surface area contributed by atoms with Crippen LogP contribution in [-0.4, -0.2) is 24.2 Å². The molecule has 27 heavy (non-hydrogen) atoms. The van der Waals surface area contributed by atoms with Crippen LogP contribution < -0.4 is 10.6 Å². The van der Waals surface area contributed by atoms with Gasteiger partial charge in [0.1, 0.15) is 5.76 Å². The molecule has 0 saturated heterocycles. The Labute approximate surface area is 160 Å². The van der Waals surface area contributed by atoms with Crippen molar-refractivity contribution in [3.05, 3.63) is 65.0 Å². The van der Waals surface area contributed by atoms with E-state index in [9.17, 15) is 0 Å². The van der Waals surface area contributed by atoms with Gasteiger partial charge in [0.25, 0.3) is 0 Å². The number of nitrogens with one attached hydrogen (secondary N) is 2. The maximum Gasteiger partial charge on any atom is 0.191 e. The van der Waals surface area contributed by atoms with Crippen molar-refractivity contribution in [1.29, 1.82) is 0 Å². The number of aryl methyl sites for hydroxylation is 2. The highest BCUT2D eigenvalue weighted by atomic mass is 16.5. The minimum atomic E-state index is 0.159. The van der Waals surface area contributed by atoms with Gasteiger partial charge in [-0.2, -0.15) is 0 Å². The summed E-state index contributed by atoms with van der Waals surface area (Å²) in [5.41, 5.74) is 3.34. The van der Waals surface area contributed by atoms with Crippen molar-refractivity contribution >= 4 is 16.7 Å². The third kappa shape index (κ3) is 4.67. The monoisotopic (exact) mass is 364 g/mol. The molecule has 0 fully saturated rings. The summed E-state index contributed by atoms with van der Waals surface area (Å²) < 4.78 is 5.23. The number of hydrogen-bond acceptors (Lipinski definition) is 3. The van der Waals surface area contributed by atoms with E-state index < -0.39 is 0 Å². The topological polar surface area (TPSA) is 62.5 Å². The average molecular weight is 364 g/mol. The predicted octanol–water partition coefficient (Wildman–Crippen LogP) is 4.30. The lowest BCUT2D eigenvalue weighted by molar-refractivity contribution is 0.392. The van der Waals surface area contributed by atoms with Gasteiger partial charge < -0.3 is 15.2 Å². The maximum atomic E-state index is 5.23. The summed E-state index contributed by atoms with van der Waals surface area (Å²) in [5.74, 6) is 1.70. The van der Waals surface area contributed by atoms with Gasteiger partial charge in [0, 0.05) is 18.7 Å². The van der Waals surface area contributed by atoms with Crippen LogP contribution in [0.15, 0.2) is 52.0 Å². The van der Waals surface area contributed by atoms with E-state index in [1.807, 2.05) is 13.8 Å². The van der Waals surface area contributed by atoms with E-state index in [2.05, 4.69) is 72.1 Å². The molecule has 0 radical (unpaired) electrons. The van der Waals surface area contributed by atoms with Gasteiger partial charge in [-0.15, -0.1) is 0 Å². The number of hydrogen-bond donors (Lipinski definition) is 2. The van der Waals surface area contributed by atoms with Crippen LogP contribution in [0.1, 0.15) is 42.5 Å². The molecule has 1 heterocycles. The number of aliphatic imine (C=N–C) groups is 1. The van der Waals surface area contributed by atoms with Crippen LogP contribution in [0.5, 0.6) is 0 Å². The Morgan fingerprint density at radius 3 is 2.63 bits per heavy atom. The zero-order valence-electron chi connectivity index (χ0n) is 16.5. The smallest absolute Gasteiger partial charge is 0.191 e. The summed E-state index contributed by atoms with van der Waals surface area (Å²) in [4.78, 5) is 4.72. The molecule has 1 aromatic heterocycles. The fraction of sp³-hybridized carbons (Fsp3) is 0.364. The summed E-state index contributed by atoms with van der Waals surface area (Å²) in [6, 6.07) is 15.2. The molecule has 1 unspecified atom stereocenters. The fourth-order valence-electron chi connectivity index (χ4n) is 3.22. The summed E-state index contributed by atoms with van der Waals surface area (Å²) in [5, 5.41) is 13.4. The Balaban J connectivity index is 1.68. The standard InChI is InChI=1S/C22H28N4O/c1-5-23-22(24-13-12-21-16(3)26-27-17(21)4)25-15(2)19-11-10-18-8-6-7-9-20(18)14-19/h6-11,14-15H,5,12-13H2,1-4H3,(H2,23,24,25). The Bertz CT molecular complexity index is 909. The van der Waals surface area contributed by atoms with E-state index in [-0.39, 0.29) is 6.04 Å². The first-order chi connectivity index (χ1) is 13.1.